The van der Waals surface area contributed by atoms with Crippen LogP contribution in [0.3, 0.4) is 0 Å². The van der Waals surface area contributed by atoms with Crippen LogP contribution in [-0.4, -0.2) is 142 Å². The third-order valence-corrected chi connectivity index (χ3v) is 12.8. The van der Waals surface area contributed by atoms with E-state index in [4.69, 9.17) is 28.4 Å². The van der Waals surface area contributed by atoms with Gasteiger partial charge in [0.05, 0.1) is 19.8 Å². The largest absolute Gasteiger partial charge is 0.462 e. The predicted molar refractivity (Wildman–Crippen MR) is 248 cm³/mol. The van der Waals surface area contributed by atoms with Crippen LogP contribution in [0.4, 0.5) is 0 Å². The molecule has 4 unspecified atom stereocenters. The van der Waals surface area contributed by atoms with Crippen LogP contribution in [0.5, 0.6) is 0 Å². The van der Waals surface area contributed by atoms with E-state index in [9.17, 15) is 45.3 Å². The molecule has 15 heteroatoms. The van der Waals surface area contributed by atoms with Crippen molar-refractivity contribution in [3.63, 3.8) is 0 Å². The summed E-state index contributed by atoms with van der Waals surface area (Å²) in [6.07, 6.45) is 18.4. The van der Waals surface area contributed by atoms with Crippen molar-refractivity contribution in [2.45, 2.75) is 280 Å². The first-order valence-corrected chi connectivity index (χ1v) is 26.1. The zero-order valence-corrected chi connectivity index (χ0v) is 40.5. The van der Waals surface area contributed by atoms with Gasteiger partial charge in [-0.25, -0.2) is 0 Å². The third-order valence-electron chi connectivity index (χ3n) is 12.8. The van der Waals surface area contributed by atoms with Crippen molar-refractivity contribution in [1.82, 2.24) is 0 Å². The maximum absolute atomic E-state index is 13.0. The average Bonchev–Trinajstić information content (AvgIpc) is 3.30. The van der Waals surface area contributed by atoms with Gasteiger partial charge in [-0.05, 0) is 12.8 Å². The first kappa shape index (κ1) is 59.6. The molecule has 0 radical (unpaired) electrons. The minimum Gasteiger partial charge on any atom is -0.462 e. The normalized spacial score (nSPS) is 26.3. The van der Waals surface area contributed by atoms with Crippen LogP contribution in [0.15, 0.2) is 0 Å². The van der Waals surface area contributed by atoms with Crippen LogP contribution in [0.2, 0.25) is 0 Å². The first-order chi connectivity index (χ1) is 31.5. The molecule has 65 heavy (non-hydrogen) atoms. The van der Waals surface area contributed by atoms with Gasteiger partial charge < -0.3 is 64.2 Å². The zero-order valence-electron chi connectivity index (χ0n) is 40.5. The second-order valence-corrected chi connectivity index (χ2v) is 18.7. The fourth-order valence-corrected chi connectivity index (χ4v) is 8.51. The fourth-order valence-electron chi connectivity index (χ4n) is 8.51. The molecule has 0 aliphatic carbocycles. The van der Waals surface area contributed by atoms with Crippen LogP contribution in [0.25, 0.3) is 0 Å². The van der Waals surface area contributed by atoms with Gasteiger partial charge in [0.1, 0.15) is 55.4 Å². The molecule has 2 rings (SSSR count). The Kier molecular flexibility index (Phi) is 35.2. The van der Waals surface area contributed by atoms with Crippen molar-refractivity contribution in [3.05, 3.63) is 0 Å². The number of hydrogen-bond donors (Lipinski definition) is 7. The standard InChI is InChI=1S/C50H94O15/c1-3-5-7-9-11-13-15-17-18-19-21-23-25-27-29-31-33-42(53)63-38(35-60-41(52)32-30-28-26-24-22-20-16-14-12-10-8-6-4-2)36-61-49-48(59)46(57)44(55)40(65-49)37-62-50-47(58)45(56)43(54)39(34-51)64-50/h38-40,43-51,54-59H,3-37H2,1-2H3/t38-,39-,40-,43+,44+,45?,46?,47?,48?,49-,50-/m1/s1. The molecule has 0 aromatic heterocycles. The van der Waals surface area contributed by atoms with Gasteiger partial charge in [0.2, 0.25) is 0 Å². The lowest BCUT2D eigenvalue weighted by molar-refractivity contribution is -0.332. The monoisotopic (exact) mass is 935 g/mol. The zero-order chi connectivity index (χ0) is 47.5. The van der Waals surface area contributed by atoms with E-state index >= 15 is 0 Å². The quantitative estimate of drug-likeness (QED) is 0.0237. The van der Waals surface area contributed by atoms with Crippen molar-refractivity contribution in [1.29, 1.82) is 0 Å². The number of esters is 2. The fraction of sp³-hybridized carbons (Fsp3) is 0.960. The molecule has 384 valence electrons. The van der Waals surface area contributed by atoms with Gasteiger partial charge >= 0.3 is 11.9 Å². The Morgan fingerprint density at radius 2 is 0.785 bits per heavy atom. The van der Waals surface area contributed by atoms with Crippen LogP contribution < -0.4 is 0 Å². The van der Waals surface area contributed by atoms with Gasteiger partial charge in [0.25, 0.3) is 0 Å². The van der Waals surface area contributed by atoms with Crippen LogP contribution >= 0.6 is 0 Å². The average molecular weight is 935 g/mol. The second-order valence-electron chi connectivity index (χ2n) is 18.7. The molecule has 0 aromatic carbocycles. The van der Waals surface area contributed by atoms with E-state index in [0.717, 1.165) is 38.5 Å². The number of carbonyl (C=O) groups is 2. The summed E-state index contributed by atoms with van der Waals surface area (Å²) < 4.78 is 33.6. The highest BCUT2D eigenvalue weighted by molar-refractivity contribution is 5.70. The van der Waals surface area contributed by atoms with E-state index in [0.29, 0.717) is 12.8 Å². The van der Waals surface area contributed by atoms with Crippen molar-refractivity contribution < 1.29 is 73.8 Å². The Morgan fingerprint density at radius 1 is 0.431 bits per heavy atom. The van der Waals surface area contributed by atoms with Crippen molar-refractivity contribution in [2.75, 3.05) is 26.4 Å². The molecular formula is C50H94O15. The highest BCUT2D eigenvalue weighted by atomic mass is 16.7. The Labute approximate surface area is 391 Å². The summed E-state index contributed by atoms with van der Waals surface area (Å²) in [7, 11) is 0. The van der Waals surface area contributed by atoms with E-state index in [1.54, 1.807) is 0 Å². The maximum Gasteiger partial charge on any atom is 0.306 e. The number of carbonyl (C=O) groups excluding carboxylic acids is 2. The number of unbranched alkanes of at least 4 members (excludes halogenated alkanes) is 27. The SMILES string of the molecule is CCCCCCCCCCCCCCCCCCC(=O)O[C@H](COC(=O)CCCCCCCCCCCCCCC)CO[C@@H]1O[C@H](CO[C@@H]2O[C@H](CO)[C@H](O)C(O)C2O)[C@H](O)C(O)C1O. The molecule has 0 bridgehead atoms. The molecule has 15 nitrogen and oxygen atoms in total. The topological polar surface area (TPSA) is 231 Å². The number of aliphatic hydroxyl groups is 7. The molecule has 7 N–H and O–H groups in total. The molecule has 0 saturated carbocycles. The predicted octanol–water partition coefficient (Wildman–Crippen LogP) is 7.22. The summed E-state index contributed by atoms with van der Waals surface area (Å²) in [6, 6.07) is 0. The molecule has 2 saturated heterocycles. The molecule has 0 amide bonds. The van der Waals surface area contributed by atoms with Crippen molar-refractivity contribution in [3.8, 4) is 0 Å². The van der Waals surface area contributed by atoms with Gasteiger partial charge in [0.15, 0.2) is 18.7 Å². The molecule has 2 fully saturated rings. The Hall–Kier alpha value is -1.50. The van der Waals surface area contributed by atoms with Gasteiger partial charge in [-0.2, -0.15) is 0 Å². The lowest BCUT2D eigenvalue weighted by Gasteiger charge is -2.42. The highest BCUT2D eigenvalue weighted by Crippen LogP contribution is 2.27. The summed E-state index contributed by atoms with van der Waals surface area (Å²) in [5.41, 5.74) is 0. The molecule has 2 heterocycles. The molecule has 2 aliphatic heterocycles. The lowest BCUT2D eigenvalue weighted by Crippen LogP contribution is -2.61. The molecule has 0 aromatic rings. The first-order valence-electron chi connectivity index (χ1n) is 26.1. The Balaban J connectivity index is 1.80. The minimum atomic E-state index is -1.76. The van der Waals surface area contributed by atoms with Gasteiger partial charge in [-0.15, -0.1) is 0 Å². The minimum absolute atomic E-state index is 0.173. The lowest BCUT2D eigenvalue weighted by atomic mass is 9.98. The summed E-state index contributed by atoms with van der Waals surface area (Å²) in [5, 5.41) is 72.0. The van der Waals surface area contributed by atoms with E-state index in [2.05, 4.69) is 13.8 Å². The Morgan fingerprint density at radius 3 is 1.20 bits per heavy atom. The number of rotatable bonds is 41. The summed E-state index contributed by atoms with van der Waals surface area (Å²) in [5.74, 6) is -0.910. The summed E-state index contributed by atoms with van der Waals surface area (Å²) in [4.78, 5) is 25.7. The third kappa shape index (κ3) is 26.7. The van der Waals surface area contributed by atoms with Crippen LogP contribution in [-0.2, 0) is 38.0 Å². The van der Waals surface area contributed by atoms with Crippen LogP contribution in [0.1, 0.15) is 213 Å². The molecule has 2 aliphatic rings. The van der Waals surface area contributed by atoms with E-state index < -0.39 is 92.7 Å². The number of ether oxygens (including phenoxy) is 6. The summed E-state index contributed by atoms with van der Waals surface area (Å²) in [6.45, 7) is 2.62. The summed E-state index contributed by atoms with van der Waals surface area (Å²) >= 11 is 0. The van der Waals surface area contributed by atoms with Crippen molar-refractivity contribution in [2.24, 2.45) is 0 Å². The molecular weight excluding hydrogens is 841 g/mol. The number of hydrogen-bond acceptors (Lipinski definition) is 15. The second kappa shape index (κ2) is 38.4. The highest BCUT2D eigenvalue weighted by Gasteiger charge is 2.47. The van der Waals surface area contributed by atoms with Gasteiger partial charge in [0, 0.05) is 12.8 Å². The van der Waals surface area contributed by atoms with Crippen LogP contribution in [0, 0.1) is 0 Å². The van der Waals surface area contributed by atoms with Gasteiger partial charge in [-0.3, -0.25) is 9.59 Å². The van der Waals surface area contributed by atoms with E-state index in [1.165, 1.54) is 135 Å². The smallest absolute Gasteiger partial charge is 0.306 e. The Bertz CT molecular complexity index is 1150. The van der Waals surface area contributed by atoms with E-state index in [1.807, 2.05) is 0 Å². The number of aliphatic hydroxyl groups excluding tert-OH is 7. The molecule has 0 spiro atoms. The molecule has 11 atom stereocenters. The van der Waals surface area contributed by atoms with E-state index in [-0.39, 0.29) is 26.1 Å². The van der Waals surface area contributed by atoms with Gasteiger partial charge in [-0.1, -0.05) is 187 Å². The maximum atomic E-state index is 13.0. The van der Waals surface area contributed by atoms with Crippen molar-refractivity contribution >= 4 is 11.9 Å².